The molecule has 0 spiro atoms. The van der Waals surface area contributed by atoms with Crippen LogP contribution in [0, 0.1) is 5.82 Å². The van der Waals surface area contributed by atoms with E-state index in [2.05, 4.69) is 5.32 Å². The standard InChI is InChI=1S/C30H25Cl2FN2O2/c31-25-14-10-21(11-15-25)18-28(36)35(20-22-12-16-26(33)17-13-22)29(23-6-2-1-3-7-23)30(37)34-19-24-8-4-5-9-27(24)32/h1-17,29H,18-20H2,(H,34,37). The smallest absolute Gasteiger partial charge is 0.247 e. The molecule has 1 N–H and O–H groups in total. The fourth-order valence-electron chi connectivity index (χ4n) is 4.02. The Morgan fingerprint density at radius 1 is 0.784 bits per heavy atom. The van der Waals surface area contributed by atoms with Gasteiger partial charge in [0.05, 0.1) is 6.42 Å². The molecule has 4 nitrogen and oxygen atoms in total. The lowest BCUT2D eigenvalue weighted by Gasteiger charge is -2.32. The Hall–Kier alpha value is -3.67. The minimum Gasteiger partial charge on any atom is -0.350 e. The largest absolute Gasteiger partial charge is 0.350 e. The minimum absolute atomic E-state index is 0.0689. The topological polar surface area (TPSA) is 49.4 Å². The molecule has 188 valence electrons. The molecule has 4 aromatic carbocycles. The van der Waals surface area contributed by atoms with E-state index in [9.17, 15) is 14.0 Å². The highest BCUT2D eigenvalue weighted by molar-refractivity contribution is 6.31. The zero-order valence-electron chi connectivity index (χ0n) is 19.9. The number of rotatable bonds is 9. The molecule has 4 aromatic rings. The van der Waals surface area contributed by atoms with Crippen LogP contribution in [0.25, 0.3) is 0 Å². The molecular weight excluding hydrogens is 510 g/mol. The van der Waals surface area contributed by atoms with Crippen molar-refractivity contribution in [3.8, 4) is 0 Å². The van der Waals surface area contributed by atoms with Gasteiger partial charge in [0.1, 0.15) is 11.9 Å². The summed E-state index contributed by atoms with van der Waals surface area (Å²) >= 11 is 12.3. The number of hydrogen-bond acceptors (Lipinski definition) is 2. The quantitative estimate of drug-likeness (QED) is 0.258. The van der Waals surface area contributed by atoms with Crippen LogP contribution in [-0.4, -0.2) is 16.7 Å². The van der Waals surface area contributed by atoms with Gasteiger partial charge in [0, 0.05) is 23.1 Å². The molecule has 2 amide bonds. The second-order valence-corrected chi connectivity index (χ2v) is 9.42. The second kappa shape index (κ2) is 12.5. The third-order valence-corrected chi connectivity index (χ3v) is 6.56. The van der Waals surface area contributed by atoms with Gasteiger partial charge in [-0.1, -0.05) is 96.0 Å². The Balaban J connectivity index is 1.67. The number of nitrogens with zero attached hydrogens (tertiary/aromatic N) is 1. The third-order valence-electron chi connectivity index (χ3n) is 5.94. The van der Waals surface area contributed by atoms with Gasteiger partial charge >= 0.3 is 0 Å². The van der Waals surface area contributed by atoms with E-state index < -0.39 is 6.04 Å². The summed E-state index contributed by atoms with van der Waals surface area (Å²) in [5, 5.41) is 4.06. The third kappa shape index (κ3) is 7.19. The van der Waals surface area contributed by atoms with Gasteiger partial charge in [-0.2, -0.15) is 0 Å². The molecule has 1 unspecified atom stereocenters. The first-order chi connectivity index (χ1) is 17.9. The zero-order chi connectivity index (χ0) is 26.2. The molecule has 0 aliphatic rings. The van der Waals surface area contributed by atoms with Gasteiger partial charge in [-0.25, -0.2) is 4.39 Å². The molecule has 0 aliphatic heterocycles. The van der Waals surface area contributed by atoms with E-state index in [1.165, 1.54) is 17.0 Å². The van der Waals surface area contributed by atoms with E-state index in [-0.39, 0.29) is 37.1 Å². The highest BCUT2D eigenvalue weighted by Crippen LogP contribution is 2.26. The van der Waals surface area contributed by atoms with E-state index >= 15 is 0 Å². The maximum absolute atomic E-state index is 13.7. The van der Waals surface area contributed by atoms with Crippen LogP contribution in [0.5, 0.6) is 0 Å². The molecule has 0 fully saturated rings. The summed E-state index contributed by atoms with van der Waals surface area (Å²) in [5.41, 5.74) is 2.89. The van der Waals surface area contributed by atoms with Gasteiger partial charge in [0.2, 0.25) is 11.8 Å². The van der Waals surface area contributed by atoms with Crippen LogP contribution in [-0.2, 0) is 29.1 Å². The number of nitrogens with one attached hydrogen (secondary N) is 1. The summed E-state index contributed by atoms with van der Waals surface area (Å²) < 4.78 is 13.6. The fourth-order valence-corrected chi connectivity index (χ4v) is 4.35. The van der Waals surface area contributed by atoms with Crippen LogP contribution >= 0.6 is 23.2 Å². The normalized spacial score (nSPS) is 11.5. The number of amides is 2. The molecule has 0 bridgehead atoms. The minimum atomic E-state index is -0.923. The first-order valence-corrected chi connectivity index (χ1v) is 12.5. The van der Waals surface area contributed by atoms with Crippen molar-refractivity contribution >= 4 is 35.0 Å². The molecule has 37 heavy (non-hydrogen) atoms. The second-order valence-electron chi connectivity index (χ2n) is 8.57. The Morgan fingerprint density at radius 3 is 2.08 bits per heavy atom. The number of hydrogen-bond donors (Lipinski definition) is 1. The van der Waals surface area contributed by atoms with Crippen LogP contribution in [0.4, 0.5) is 4.39 Å². The van der Waals surface area contributed by atoms with E-state index in [0.717, 1.165) is 11.1 Å². The monoisotopic (exact) mass is 534 g/mol. The molecule has 0 radical (unpaired) electrons. The first kappa shape index (κ1) is 26.4. The fraction of sp³-hybridized carbons (Fsp3) is 0.133. The van der Waals surface area contributed by atoms with Crippen LogP contribution in [0.3, 0.4) is 0 Å². The van der Waals surface area contributed by atoms with Crippen molar-refractivity contribution in [1.29, 1.82) is 0 Å². The van der Waals surface area contributed by atoms with Gasteiger partial charge in [-0.15, -0.1) is 0 Å². The lowest BCUT2D eigenvalue weighted by atomic mass is 10.0. The van der Waals surface area contributed by atoms with Gasteiger partial charge < -0.3 is 10.2 Å². The molecule has 0 aromatic heterocycles. The van der Waals surface area contributed by atoms with Gasteiger partial charge in [-0.3, -0.25) is 9.59 Å². The van der Waals surface area contributed by atoms with E-state index in [1.807, 2.05) is 48.5 Å². The van der Waals surface area contributed by atoms with Crippen molar-refractivity contribution in [3.63, 3.8) is 0 Å². The first-order valence-electron chi connectivity index (χ1n) is 11.7. The maximum Gasteiger partial charge on any atom is 0.247 e. The van der Waals surface area contributed by atoms with Crippen molar-refractivity contribution in [2.45, 2.75) is 25.6 Å². The Bertz CT molecular complexity index is 1350. The van der Waals surface area contributed by atoms with Crippen LogP contribution < -0.4 is 5.32 Å². The van der Waals surface area contributed by atoms with Gasteiger partial charge in [0.25, 0.3) is 0 Å². The van der Waals surface area contributed by atoms with E-state index in [4.69, 9.17) is 23.2 Å². The lowest BCUT2D eigenvalue weighted by molar-refractivity contribution is -0.141. The Morgan fingerprint density at radius 2 is 1.41 bits per heavy atom. The van der Waals surface area contributed by atoms with Crippen molar-refractivity contribution in [1.82, 2.24) is 10.2 Å². The lowest BCUT2D eigenvalue weighted by Crippen LogP contribution is -2.43. The summed E-state index contributed by atoms with van der Waals surface area (Å²) in [6.07, 6.45) is 0.0689. The molecule has 4 rings (SSSR count). The summed E-state index contributed by atoms with van der Waals surface area (Å²) in [6.45, 7) is 0.323. The average molecular weight is 535 g/mol. The van der Waals surface area contributed by atoms with Crippen molar-refractivity contribution in [3.05, 3.63) is 141 Å². The van der Waals surface area contributed by atoms with Crippen molar-refractivity contribution < 1.29 is 14.0 Å². The summed E-state index contributed by atoms with van der Waals surface area (Å²) in [5.74, 6) is -0.981. The molecule has 1 atom stereocenters. The SMILES string of the molecule is O=C(NCc1ccccc1Cl)C(c1ccccc1)N(Cc1ccc(F)cc1)C(=O)Cc1ccc(Cl)cc1. The highest BCUT2D eigenvalue weighted by atomic mass is 35.5. The van der Waals surface area contributed by atoms with Crippen LogP contribution in [0.1, 0.15) is 28.3 Å². The van der Waals surface area contributed by atoms with Crippen LogP contribution in [0.2, 0.25) is 10.0 Å². The van der Waals surface area contributed by atoms with E-state index in [1.54, 1.807) is 42.5 Å². The molecule has 0 heterocycles. The maximum atomic E-state index is 13.7. The zero-order valence-corrected chi connectivity index (χ0v) is 21.4. The Labute approximate surface area is 225 Å². The van der Waals surface area contributed by atoms with Gasteiger partial charge in [0.15, 0.2) is 0 Å². The van der Waals surface area contributed by atoms with Crippen LogP contribution in [0.15, 0.2) is 103 Å². The van der Waals surface area contributed by atoms with Crippen molar-refractivity contribution in [2.24, 2.45) is 0 Å². The number of carbonyl (C=O) groups excluding carboxylic acids is 2. The molecule has 7 heteroatoms. The number of carbonyl (C=O) groups is 2. The molecule has 0 saturated carbocycles. The average Bonchev–Trinajstić information content (AvgIpc) is 2.91. The predicted molar refractivity (Wildman–Crippen MR) is 145 cm³/mol. The summed E-state index contributed by atoms with van der Waals surface area (Å²) in [4.78, 5) is 29.0. The molecule has 0 aliphatic carbocycles. The van der Waals surface area contributed by atoms with E-state index in [0.29, 0.717) is 21.2 Å². The summed E-state index contributed by atoms with van der Waals surface area (Å²) in [6, 6.07) is 28.4. The molecule has 0 saturated heterocycles. The number of halogens is 3. The Kier molecular flexibility index (Phi) is 8.94. The number of benzene rings is 4. The van der Waals surface area contributed by atoms with Gasteiger partial charge in [-0.05, 0) is 52.6 Å². The highest BCUT2D eigenvalue weighted by Gasteiger charge is 2.31. The summed E-state index contributed by atoms with van der Waals surface area (Å²) in [7, 11) is 0. The van der Waals surface area contributed by atoms with Crippen molar-refractivity contribution in [2.75, 3.05) is 0 Å². The predicted octanol–water partition coefficient (Wildman–Crippen LogP) is 6.76. The molecular formula is C30H25Cl2FN2O2.